The molecule has 0 saturated heterocycles. The Labute approximate surface area is 99.5 Å². The van der Waals surface area contributed by atoms with E-state index in [2.05, 4.69) is 0 Å². The Hall–Kier alpha value is -1.65. The van der Waals surface area contributed by atoms with E-state index in [1.165, 1.54) is 17.7 Å². The molecule has 0 bridgehead atoms. The molecule has 2 aromatic rings. The number of hydrogen-bond acceptors (Lipinski definition) is 2. The van der Waals surface area contributed by atoms with Gasteiger partial charge >= 0.3 is 0 Å². The summed E-state index contributed by atoms with van der Waals surface area (Å²) in [7, 11) is -4.13. The van der Waals surface area contributed by atoms with E-state index in [-0.39, 0.29) is 4.90 Å². The summed E-state index contributed by atoms with van der Waals surface area (Å²) in [6, 6.07) is 12.6. The second-order valence-electron chi connectivity index (χ2n) is 4.13. The zero-order valence-electron chi connectivity index (χ0n) is 8.92. The highest BCUT2D eigenvalue weighted by molar-refractivity contribution is 7.85. The molecule has 0 fully saturated rings. The first-order valence-corrected chi connectivity index (χ1v) is 6.68. The fourth-order valence-corrected chi connectivity index (χ4v) is 2.77. The predicted octanol–water partition coefficient (Wildman–Crippen LogP) is 2.50. The van der Waals surface area contributed by atoms with Crippen molar-refractivity contribution in [1.29, 1.82) is 0 Å². The summed E-state index contributed by atoms with van der Waals surface area (Å²) in [5.74, 6) is 0. The lowest BCUT2D eigenvalue weighted by molar-refractivity contribution is 0.483. The molecule has 0 aliphatic heterocycles. The molecule has 86 valence electrons. The van der Waals surface area contributed by atoms with E-state index >= 15 is 0 Å². The lowest BCUT2D eigenvalue weighted by Crippen LogP contribution is -1.98. The summed E-state index contributed by atoms with van der Waals surface area (Å²) in [6.07, 6.45) is 0.817. The summed E-state index contributed by atoms with van der Waals surface area (Å²) >= 11 is 0. The molecule has 0 saturated carbocycles. The summed E-state index contributed by atoms with van der Waals surface area (Å²) in [6.45, 7) is 0. The topological polar surface area (TPSA) is 54.4 Å². The Morgan fingerprint density at radius 2 is 1.65 bits per heavy atom. The van der Waals surface area contributed by atoms with Gasteiger partial charge in [-0.1, -0.05) is 30.3 Å². The van der Waals surface area contributed by atoms with E-state index in [1.54, 1.807) is 6.07 Å². The van der Waals surface area contributed by atoms with Crippen LogP contribution in [-0.2, 0) is 16.5 Å². The molecule has 1 aliphatic rings. The molecule has 0 atom stereocenters. The number of fused-ring (bicyclic) bond motifs is 3. The van der Waals surface area contributed by atoms with Crippen LogP contribution < -0.4 is 0 Å². The van der Waals surface area contributed by atoms with E-state index in [9.17, 15) is 8.42 Å². The maximum Gasteiger partial charge on any atom is 0.294 e. The van der Waals surface area contributed by atoms with Crippen molar-refractivity contribution in [2.75, 3.05) is 0 Å². The van der Waals surface area contributed by atoms with Crippen LogP contribution in [0.4, 0.5) is 0 Å². The lowest BCUT2D eigenvalue weighted by Gasteiger charge is -2.03. The highest BCUT2D eigenvalue weighted by Gasteiger charge is 2.20. The maximum absolute atomic E-state index is 11.1. The van der Waals surface area contributed by atoms with Gasteiger partial charge in [0.2, 0.25) is 0 Å². The molecular weight excluding hydrogens is 236 g/mol. The third kappa shape index (κ3) is 1.66. The normalized spacial score (nSPS) is 13.2. The van der Waals surface area contributed by atoms with Gasteiger partial charge in [0.15, 0.2) is 0 Å². The number of benzene rings is 2. The van der Waals surface area contributed by atoms with Crippen molar-refractivity contribution in [3.8, 4) is 11.1 Å². The van der Waals surface area contributed by atoms with Crippen LogP contribution in [0.1, 0.15) is 11.1 Å². The van der Waals surface area contributed by atoms with Crippen LogP contribution in [-0.4, -0.2) is 13.0 Å². The van der Waals surface area contributed by atoms with Gasteiger partial charge in [-0.05, 0) is 40.8 Å². The van der Waals surface area contributed by atoms with Crippen LogP contribution in [0.3, 0.4) is 0 Å². The number of hydrogen-bond donors (Lipinski definition) is 1. The molecule has 0 heterocycles. The highest BCUT2D eigenvalue weighted by atomic mass is 32.2. The van der Waals surface area contributed by atoms with Crippen molar-refractivity contribution in [2.24, 2.45) is 0 Å². The van der Waals surface area contributed by atoms with Crippen LogP contribution in [0.15, 0.2) is 47.4 Å². The SMILES string of the molecule is O=S(=O)(O)c1ccc2c(c1)-c1ccccc1C2. The molecule has 0 unspecified atom stereocenters. The average molecular weight is 246 g/mol. The minimum absolute atomic E-state index is 0.0482. The average Bonchev–Trinajstić information content (AvgIpc) is 2.65. The molecule has 0 aromatic heterocycles. The Morgan fingerprint density at radius 3 is 2.41 bits per heavy atom. The minimum Gasteiger partial charge on any atom is -0.282 e. The van der Waals surface area contributed by atoms with Crippen LogP contribution in [0, 0.1) is 0 Å². The Balaban J connectivity index is 2.25. The first-order chi connectivity index (χ1) is 8.05. The molecule has 17 heavy (non-hydrogen) atoms. The fourth-order valence-electron chi connectivity index (χ4n) is 2.26. The first-order valence-electron chi connectivity index (χ1n) is 5.24. The molecule has 4 heteroatoms. The van der Waals surface area contributed by atoms with Gasteiger partial charge in [0.1, 0.15) is 0 Å². The van der Waals surface area contributed by atoms with Crippen molar-refractivity contribution < 1.29 is 13.0 Å². The molecule has 2 aromatic carbocycles. The van der Waals surface area contributed by atoms with Gasteiger partial charge in [-0.15, -0.1) is 0 Å². The molecule has 0 radical (unpaired) electrons. The van der Waals surface area contributed by atoms with Crippen molar-refractivity contribution in [3.63, 3.8) is 0 Å². The molecule has 0 amide bonds. The monoisotopic (exact) mass is 246 g/mol. The smallest absolute Gasteiger partial charge is 0.282 e. The second-order valence-corrected chi connectivity index (χ2v) is 5.55. The summed E-state index contributed by atoms with van der Waals surface area (Å²) < 4.78 is 31.2. The zero-order chi connectivity index (χ0) is 12.0. The van der Waals surface area contributed by atoms with Crippen LogP contribution in [0.5, 0.6) is 0 Å². The first kappa shape index (κ1) is 10.5. The summed E-state index contributed by atoms with van der Waals surface area (Å²) in [5.41, 5.74) is 4.23. The maximum atomic E-state index is 11.1. The molecular formula is C13H10O3S. The highest BCUT2D eigenvalue weighted by Crippen LogP contribution is 2.37. The zero-order valence-corrected chi connectivity index (χ0v) is 9.74. The van der Waals surface area contributed by atoms with Gasteiger partial charge in [-0.3, -0.25) is 4.55 Å². The van der Waals surface area contributed by atoms with Crippen molar-refractivity contribution in [1.82, 2.24) is 0 Å². The number of rotatable bonds is 1. The van der Waals surface area contributed by atoms with E-state index in [0.29, 0.717) is 0 Å². The van der Waals surface area contributed by atoms with Gasteiger partial charge in [0, 0.05) is 0 Å². The third-order valence-electron chi connectivity index (χ3n) is 3.07. The summed E-state index contributed by atoms with van der Waals surface area (Å²) in [5, 5.41) is 0. The van der Waals surface area contributed by atoms with Crippen molar-refractivity contribution in [3.05, 3.63) is 53.6 Å². The standard InChI is InChI=1S/C13H10O3S/c14-17(15,16)11-6-5-10-7-9-3-1-2-4-12(9)13(10)8-11/h1-6,8H,7H2,(H,14,15,16). The predicted molar refractivity (Wildman–Crippen MR) is 64.5 cm³/mol. The van der Waals surface area contributed by atoms with Gasteiger partial charge < -0.3 is 0 Å². The largest absolute Gasteiger partial charge is 0.294 e. The molecule has 0 spiro atoms. The van der Waals surface area contributed by atoms with Gasteiger partial charge in [-0.2, -0.15) is 8.42 Å². The molecule has 3 nitrogen and oxygen atoms in total. The molecule has 3 rings (SSSR count). The second kappa shape index (κ2) is 3.42. The van der Waals surface area contributed by atoms with Crippen LogP contribution >= 0.6 is 0 Å². The van der Waals surface area contributed by atoms with E-state index in [0.717, 1.165) is 23.1 Å². The van der Waals surface area contributed by atoms with E-state index < -0.39 is 10.1 Å². The Kier molecular flexibility index (Phi) is 2.11. The minimum atomic E-state index is -4.13. The van der Waals surface area contributed by atoms with Crippen molar-refractivity contribution >= 4 is 10.1 Å². The van der Waals surface area contributed by atoms with Gasteiger partial charge in [-0.25, -0.2) is 0 Å². The molecule has 1 N–H and O–H groups in total. The quantitative estimate of drug-likeness (QED) is 0.671. The molecule has 1 aliphatic carbocycles. The lowest BCUT2D eigenvalue weighted by atomic mass is 10.1. The Bertz CT molecular complexity index is 702. The summed E-state index contributed by atoms with van der Waals surface area (Å²) in [4.78, 5) is -0.0482. The Morgan fingerprint density at radius 1 is 0.941 bits per heavy atom. The van der Waals surface area contributed by atoms with Crippen LogP contribution in [0.25, 0.3) is 11.1 Å². The van der Waals surface area contributed by atoms with Gasteiger partial charge in [0.05, 0.1) is 4.90 Å². The van der Waals surface area contributed by atoms with E-state index in [1.807, 2.05) is 24.3 Å². The van der Waals surface area contributed by atoms with Crippen LogP contribution in [0.2, 0.25) is 0 Å². The van der Waals surface area contributed by atoms with Crippen molar-refractivity contribution in [2.45, 2.75) is 11.3 Å². The fraction of sp³-hybridized carbons (Fsp3) is 0.0769. The van der Waals surface area contributed by atoms with Gasteiger partial charge in [0.25, 0.3) is 10.1 Å². The third-order valence-corrected chi connectivity index (χ3v) is 3.92. The van der Waals surface area contributed by atoms with E-state index in [4.69, 9.17) is 4.55 Å².